The van der Waals surface area contributed by atoms with E-state index in [1.807, 2.05) is 36.5 Å². The largest absolute Gasteiger partial charge is 0.356 e. The van der Waals surface area contributed by atoms with Crippen molar-refractivity contribution in [1.82, 2.24) is 24.6 Å². The molecule has 0 saturated carbocycles. The number of benzene rings is 1. The molecular weight excluding hydrogens is 392 g/mol. The molecule has 1 aliphatic heterocycles. The third kappa shape index (κ3) is 2.63. The fourth-order valence-electron chi connectivity index (χ4n) is 3.75. The first kappa shape index (κ1) is 15.7. The summed E-state index contributed by atoms with van der Waals surface area (Å²) in [6, 6.07) is 12.2. The van der Waals surface area contributed by atoms with Gasteiger partial charge in [0.1, 0.15) is 18.0 Å². The quantitative estimate of drug-likeness (QED) is 0.504. The summed E-state index contributed by atoms with van der Waals surface area (Å²) >= 11 is 3.56. The molecule has 1 aliphatic rings. The van der Waals surface area contributed by atoms with E-state index in [-0.39, 0.29) is 0 Å². The van der Waals surface area contributed by atoms with Crippen LogP contribution in [0.4, 0.5) is 5.82 Å². The molecule has 130 valence electrons. The van der Waals surface area contributed by atoms with Gasteiger partial charge in [0.2, 0.25) is 0 Å². The van der Waals surface area contributed by atoms with Crippen LogP contribution in [0.5, 0.6) is 0 Å². The topological polar surface area (TPSA) is 59.2 Å². The average Bonchev–Trinajstić information content (AvgIpc) is 3.12. The van der Waals surface area contributed by atoms with Crippen LogP contribution in [-0.4, -0.2) is 37.7 Å². The van der Waals surface area contributed by atoms with Crippen molar-refractivity contribution in [3.05, 3.63) is 59.2 Å². The van der Waals surface area contributed by atoms with Crippen LogP contribution in [0.25, 0.3) is 16.6 Å². The summed E-state index contributed by atoms with van der Waals surface area (Å²) < 4.78 is 3.16. The molecule has 1 saturated heterocycles. The van der Waals surface area contributed by atoms with Crippen molar-refractivity contribution in [3.63, 3.8) is 0 Å². The van der Waals surface area contributed by atoms with E-state index in [0.29, 0.717) is 5.92 Å². The molecule has 6 nitrogen and oxygen atoms in total. The molecule has 0 N–H and O–H groups in total. The summed E-state index contributed by atoms with van der Waals surface area (Å²) in [5.74, 6) is 2.50. The molecule has 0 amide bonds. The first-order valence-electron chi connectivity index (χ1n) is 8.74. The third-order valence-corrected chi connectivity index (χ3v) is 5.57. The number of rotatable bonds is 2. The molecular formula is C19H17BrN6. The molecule has 3 aromatic heterocycles. The average molecular weight is 409 g/mol. The van der Waals surface area contributed by atoms with Crippen LogP contribution in [-0.2, 0) is 0 Å². The van der Waals surface area contributed by atoms with Gasteiger partial charge in [-0.2, -0.15) is 0 Å². The molecule has 0 unspecified atom stereocenters. The van der Waals surface area contributed by atoms with E-state index >= 15 is 0 Å². The number of anilines is 1. The highest BCUT2D eigenvalue weighted by atomic mass is 79.9. The van der Waals surface area contributed by atoms with E-state index < -0.39 is 0 Å². The summed E-state index contributed by atoms with van der Waals surface area (Å²) in [5.41, 5.74) is 1.89. The molecule has 1 aromatic carbocycles. The molecule has 0 spiro atoms. The molecule has 4 heterocycles. The lowest BCUT2D eigenvalue weighted by atomic mass is 9.95. The zero-order valence-electron chi connectivity index (χ0n) is 14.1. The number of pyridine rings is 1. The Kier molecular flexibility index (Phi) is 3.81. The summed E-state index contributed by atoms with van der Waals surface area (Å²) in [5, 5.41) is 9.83. The molecule has 0 bridgehead atoms. The van der Waals surface area contributed by atoms with Gasteiger partial charge in [0.15, 0.2) is 5.65 Å². The monoisotopic (exact) mass is 408 g/mol. The second kappa shape index (κ2) is 6.32. The maximum Gasteiger partial charge on any atom is 0.160 e. The fraction of sp³-hybridized carbons (Fsp3) is 0.263. The van der Waals surface area contributed by atoms with E-state index in [0.717, 1.165) is 58.6 Å². The maximum absolute atomic E-state index is 4.57. The van der Waals surface area contributed by atoms with Crippen LogP contribution < -0.4 is 4.90 Å². The van der Waals surface area contributed by atoms with Crippen LogP contribution in [0.2, 0.25) is 0 Å². The Hall–Kier alpha value is -2.54. The predicted octanol–water partition coefficient (Wildman–Crippen LogP) is 3.82. The Morgan fingerprint density at radius 3 is 2.77 bits per heavy atom. The van der Waals surface area contributed by atoms with E-state index in [1.165, 1.54) is 0 Å². The SMILES string of the molecule is Brc1ccc2ncnc(N3CCC(c4nnc5ccccn45)CC3)c2c1. The van der Waals surface area contributed by atoms with Crippen molar-refractivity contribution < 1.29 is 0 Å². The van der Waals surface area contributed by atoms with Crippen LogP contribution in [0.1, 0.15) is 24.6 Å². The smallest absolute Gasteiger partial charge is 0.160 e. The first-order chi connectivity index (χ1) is 12.8. The van der Waals surface area contributed by atoms with Gasteiger partial charge in [0.25, 0.3) is 0 Å². The third-order valence-electron chi connectivity index (χ3n) is 5.08. The summed E-state index contributed by atoms with van der Waals surface area (Å²) in [6.45, 7) is 1.90. The highest BCUT2D eigenvalue weighted by Gasteiger charge is 2.26. The predicted molar refractivity (Wildman–Crippen MR) is 104 cm³/mol. The van der Waals surface area contributed by atoms with Crippen molar-refractivity contribution in [3.8, 4) is 0 Å². The Morgan fingerprint density at radius 2 is 1.88 bits per heavy atom. The molecule has 26 heavy (non-hydrogen) atoms. The van der Waals surface area contributed by atoms with Crippen LogP contribution >= 0.6 is 15.9 Å². The Labute approximate surface area is 159 Å². The number of hydrogen-bond acceptors (Lipinski definition) is 5. The lowest BCUT2D eigenvalue weighted by Gasteiger charge is -2.32. The molecule has 5 rings (SSSR count). The molecule has 7 heteroatoms. The standard InChI is InChI=1S/C19H17BrN6/c20-14-4-5-16-15(11-14)19(22-12-21-16)25-9-6-13(7-10-25)18-24-23-17-3-1-2-8-26(17)18/h1-5,8,11-13H,6-7,9-10H2. The molecule has 0 radical (unpaired) electrons. The number of piperidine rings is 1. The molecule has 4 aromatic rings. The van der Waals surface area contributed by atoms with Crippen LogP contribution in [0, 0.1) is 0 Å². The second-order valence-corrected chi connectivity index (χ2v) is 7.52. The zero-order chi connectivity index (χ0) is 17.5. The Bertz CT molecular complexity index is 1080. The number of fused-ring (bicyclic) bond motifs is 2. The maximum atomic E-state index is 4.57. The lowest BCUT2D eigenvalue weighted by Crippen LogP contribution is -2.34. The molecule has 1 fully saturated rings. The van der Waals surface area contributed by atoms with E-state index in [9.17, 15) is 0 Å². The number of halogens is 1. The summed E-state index contributed by atoms with van der Waals surface area (Å²) in [4.78, 5) is 11.3. The van der Waals surface area contributed by atoms with Gasteiger partial charge in [-0.3, -0.25) is 4.40 Å². The number of hydrogen-bond donors (Lipinski definition) is 0. The van der Waals surface area contributed by atoms with Gasteiger partial charge in [0, 0.05) is 35.1 Å². The van der Waals surface area contributed by atoms with Gasteiger partial charge in [-0.1, -0.05) is 22.0 Å². The Morgan fingerprint density at radius 1 is 1.00 bits per heavy atom. The molecule has 0 atom stereocenters. The summed E-state index contributed by atoms with van der Waals surface area (Å²) in [6.07, 6.45) is 5.78. The van der Waals surface area contributed by atoms with Crippen molar-refractivity contribution in [2.75, 3.05) is 18.0 Å². The Balaban J connectivity index is 1.42. The van der Waals surface area contributed by atoms with Gasteiger partial charge in [0.05, 0.1) is 5.52 Å². The van der Waals surface area contributed by atoms with Crippen molar-refractivity contribution in [2.24, 2.45) is 0 Å². The minimum absolute atomic E-state index is 0.420. The van der Waals surface area contributed by atoms with Crippen molar-refractivity contribution in [2.45, 2.75) is 18.8 Å². The van der Waals surface area contributed by atoms with Crippen LogP contribution in [0.3, 0.4) is 0 Å². The zero-order valence-corrected chi connectivity index (χ0v) is 15.7. The van der Waals surface area contributed by atoms with Crippen molar-refractivity contribution >= 4 is 38.3 Å². The van der Waals surface area contributed by atoms with Crippen LogP contribution in [0.15, 0.2) is 53.4 Å². The van der Waals surface area contributed by atoms with Crippen molar-refractivity contribution in [1.29, 1.82) is 0 Å². The minimum Gasteiger partial charge on any atom is -0.356 e. The molecule has 0 aliphatic carbocycles. The van der Waals surface area contributed by atoms with Gasteiger partial charge in [-0.25, -0.2) is 9.97 Å². The highest BCUT2D eigenvalue weighted by Crippen LogP contribution is 2.32. The highest BCUT2D eigenvalue weighted by molar-refractivity contribution is 9.10. The van der Waals surface area contributed by atoms with Gasteiger partial charge < -0.3 is 4.90 Å². The summed E-state index contributed by atoms with van der Waals surface area (Å²) in [7, 11) is 0. The minimum atomic E-state index is 0.420. The first-order valence-corrected chi connectivity index (χ1v) is 9.54. The van der Waals surface area contributed by atoms with E-state index in [1.54, 1.807) is 6.33 Å². The van der Waals surface area contributed by atoms with E-state index in [4.69, 9.17) is 0 Å². The number of nitrogens with zero attached hydrogens (tertiary/aromatic N) is 6. The normalized spacial score (nSPS) is 15.8. The second-order valence-electron chi connectivity index (χ2n) is 6.61. The van der Waals surface area contributed by atoms with Gasteiger partial charge in [-0.15, -0.1) is 10.2 Å². The van der Waals surface area contributed by atoms with E-state index in [2.05, 4.69) is 51.5 Å². The lowest BCUT2D eigenvalue weighted by molar-refractivity contribution is 0.481. The van der Waals surface area contributed by atoms with Gasteiger partial charge in [-0.05, 0) is 43.2 Å². The fourth-order valence-corrected chi connectivity index (χ4v) is 4.12. The number of aromatic nitrogens is 5. The van der Waals surface area contributed by atoms with Gasteiger partial charge >= 0.3 is 0 Å².